The highest BCUT2D eigenvalue weighted by Crippen LogP contribution is 2.23. The van der Waals surface area contributed by atoms with Crippen molar-refractivity contribution in [2.45, 2.75) is 38.6 Å². The number of amides is 3. The fourth-order valence-corrected chi connectivity index (χ4v) is 2.30. The van der Waals surface area contributed by atoms with Gasteiger partial charge in [0, 0.05) is 5.92 Å². The lowest BCUT2D eigenvalue weighted by molar-refractivity contribution is -0.141. The molecule has 1 heterocycles. The van der Waals surface area contributed by atoms with Gasteiger partial charge in [-0.15, -0.1) is 0 Å². The molecule has 2 rings (SSSR count). The van der Waals surface area contributed by atoms with E-state index in [0.717, 1.165) is 32.1 Å². The van der Waals surface area contributed by atoms with Gasteiger partial charge in [0.2, 0.25) is 5.91 Å². The number of hydrogen-bond acceptors (Lipinski definition) is 4. The quantitative estimate of drug-likeness (QED) is 0.562. The Morgan fingerprint density at radius 3 is 2.52 bits per heavy atom. The number of nitrogens with one attached hydrogen (secondary N) is 3. The number of furan rings is 1. The highest BCUT2D eigenvalue weighted by Gasteiger charge is 2.22. The van der Waals surface area contributed by atoms with Gasteiger partial charge in [-0.05, 0) is 25.0 Å². The average molecular weight is 293 g/mol. The van der Waals surface area contributed by atoms with Gasteiger partial charge in [-0.25, -0.2) is 0 Å². The molecule has 0 saturated heterocycles. The fraction of sp³-hybridized carbons (Fsp3) is 0.500. The zero-order valence-corrected chi connectivity index (χ0v) is 11.7. The normalized spacial score (nSPS) is 15.2. The van der Waals surface area contributed by atoms with Crippen molar-refractivity contribution in [2.24, 2.45) is 5.92 Å². The molecule has 1 aromatic rings. The third-order valence-electron chi connectivity index (χ3n) is 3.48. The average Bonchev–Trinajstić information content (AvgIpc) is 3.04. The van der Waals surface area contributed by atoms with Crippen molar-refractivity contribution in [3.05, 3.63) is 24.2 Å². The van der Waals surface area contributed by atoms with Crippen LogP contribution in [-0.2, 0) is 20.9 Å². The van der Waals surface area contributed by atoms with E-state index in [0.29, 0.717) is 5.76 Å². The zero-order chi connectivity index (χ0) is 15.1. The first kappa shape index (κ1) is 15.1. The van der Waals surface area contributed by atoms with E-state index in [4.69, 9.17) is 4.42 Å². The van der Waals surface area contributed by atoms with Crippen LogP contribution >= 0.6 is 0 Å². The van der Waals surface area contributed by atoms with Crippen molar-refractivity contribution in [1.29, 1.82) is 0 Å². The molecule has 0 spiro atoms. The molecule has 7 heteroatoms. The number of carbonyl (C=O) groups is 3. The molecule has 0 unspecified atom stereocenters. The van der Waals surface area contributed by atoms with Crippen molar-refractivity contribution < 1.29 is 18.8 Å². The van der Waals surface area contributed by atoms with Gasteiger partial charge in [-0.2, -0.15) is 0 Å². The van der Waals surface area contributed by atoms with Gasteiger partial charge < -0.3 is 9.73 Å². The van der Waals surface area contributed by atoms with Crippen LogP contribution < -0.4 is 16.2 Å². The number of carbonyl (C=O) groups excluding carboxylic acids is 3. The van der Waals surface area contributed by atoms with E-state index in [1.807, 2.05) is 0 Å². The molecule has 0 atom stereocenters. The van der Waals surface area contributed by atoms with E-state index in [1.165, 1.54) is 6.26 Å². The molecule has 3 amide bonds. The van der Waals surface area contributed by atoms with Crippen LogP contribution in [0.5, 0.6) is 0 Å². The van der Waals surface area contributed by atoms with Crippen molar-refractivity contribution in [2.75, 3.05) is 0 Å². The van der Waals surface area contributed by atoms with Crippen LogP contribution in [0.1, 0.15) is 37.9 Å². The topological polar surface area (TPSA) is 100 Å². The number of rotatable bonds is 3. The number of hydrazine groups is 1. The highest BCUT2D eigenvalue weighted by molar-refractivity contribution is 6.35. The molecule has 0 aliphatic heterocycles. The molecule has 1 aromatic heterocycles. The molecular formula is C14H19N3O4. The first-order chi connectivity index (χ1) is 10.2. The van der Waals surface area contributed by atoms with Crippen molar-refractivity contribution in [3.63, 3.8) is 0 Å². The Hall–Kier alpha value is -2.31. The van der Waals surface area contributed by atoms with E-state index < -0.39 is 11.8 Å². The third kappa shape index (κ3) is 4.62. The summed E-state index contributed by atoms with van der Waals surface area (Å²) in [4.78, 5) is 34.8. The van der Waals surface area contributed by atoms with Crippen LogP contribution in [0.25, 0.3) is 0 Å². The van der Waals surface area contributed by atoms with E-state index >= 15 is 0 Å². The van der Waals surface area contributed by atoms with Crippen LogP contribution in [-0.4, -0.2) is 17.7 Å². The number of hydrogen-bond donors (Lipinski definition) is 3. The smallest absolute Gasteiger partial charge is 0.327 e. The maximum Gasteiger partial charge on any atom is 0.327 e. The van der Waals surface area contributed by atoms with Crippen LogP contribution in [0.3, 0.4) is 0 Å². The van der Waals surface area contributed by atoms with Gasteiger partial charge in [0.1, 0.15) is 5.76 Å². The summed E-state index contributed by atoms with van der Waals surface area (Å²) >= 11 is 0. The Bertz CT molecular complexity index is 492. The lowest BCUT2D eigenvalue weighted by atomic mass is 9.89. The van der Waals surface area contributed by atoms with Crippen LogP contribution in [0.4, 0.5) is 0 Å². The van der Waals surface area contributed by atoms with E-state index in [2.05, 4.69) is 16.2 Å². The minimum atomic E-state index is -0.897. The first-order valence-electron chi connectivity index (χ1n) is 7.07. The summed E-state index contributed by atoms with van der Waals surface area (Å²) in [5.74, 6) is -1.49. The fourth-order valence-electron chi connectivity index (χ4n) is 2.30. The van der Waals surface area contributed by atoms with Gasteiger partial charge in [-0.1, -0.05) is 19.3 Å². The predicted molar refractivity (Wildman–Crippen MR) is 73.4 cm³/mol. The Morgan fingerprint density at radius 2 is 1.86 bits per heavy atom. The Kier molecular flexibility index (Phi) is 5.36. The van der Waals surface area contributed by atoms with E-state index in [-0.39, 0.29) is 18.4 Å². The summed E-state index contributed by atoms with van der Waals surface area (Å²) in [7, 11) is 0. The molecule has 114 valence electrons. The van der Waals surface area contributed by atoms with Crippen LogP contribution in [0.2, 0.25) is 0 Å². The summed E-state index contributed by atoms with van der Waals surface area (Å²) in [6.45, 7) is 0.121. The SMILES string of the molecule is O=C(NCc1ccco1)C(=O)NNC(=O)C1CCCCC1. The predicted octanol–water partition coefficient (Wildman–Crippen LogP) is 0.623. The van der Waals surface area contributed by atoms with Gasteiger partial charge in [0.25, 0.3) is 0 Å². The second kappa shape index (κ2) is 7.47. The van der Waals surface area contributed by atoms with Gasteiger partial charge in [-0.3, -0.25) is 25.2 Å². The highest BCUT2D eigenvalue weighted by atomic mass is 16.3. The molecule has 0 aromatic carbocycles. The maximum absolute atomic E-state index is 11.8. The molecule has 3 N–H and O–H groups in total. The molecule has 1 aliphatic rings. The molecule has 7 nitrogen and oxygen atoms in total. The summed E-state index contributed by atoms with van der Waals surface area (Å²) in [6.07, 6.45) is 6.32. The first-order valence-corrected chi connectivity index (χ1v) is 7.07. The zero-order valence-electron chi connectivity index (χ0n) is 11.7. The molecule has 1 saturated carbocycles. The van der Waals surface area contributed by atoms with Gasteiger partial charge in [0.05, 0.1) is 12.8 Å². The van der Waals surface area contributed by atoms with E-state index in [1.54, 1.807) is 12.1 Å². The summed E-state index contributed by atoms with van der Waals surface area (Å²) < 4.78 is 5.03. The molecule has 21 heavy (non-hydrogen) atoms. The minimum absolute atomic E-state index is 0.0785. The summed E-state index contributed by atoms with van der Waals surface area (Å²) in [5.41, 5.74) is 4.43. The third-order valence-corrected chi connectivity index (χ3v) is 3.48. The molecular weight excluding hydrogens is 274 g/mol. The monoisotopic (exact) mass is 293 g/mol. The summed E-state index contributed by atoms with van der Waals surface area (Å²) in [5, 5.41) is 2.39. The van der Waals surface area contributed by atoms with Crippen molar-refractivity contribution >= 4 is 17.7 Å². The van der Waals surface area contributed by atoms with Crippen molar-refractivity contribution in [3.8, 4) is 0 Å². The Labute approximate surface area is 122 Å². The molecule has 1 aliphatic carbocycles. The Morgan fingerprint density at radius 1 is 1.10 bits per heavy atom. The molecule has 0 radical (unpaired) electrons. The minimum Gasteiger partial charge on any atom is -0.467 e. The van der Waals surface area contributed by atoms with Crippen molar-refractivity contribution in [1.82, 2.24) is 16.2 Å². The molecule has 0 bridgehead atoms. The summed E-state index contributed by atoms with van der Waals surface area (Å²) in [6, 6.07) is 3.37. The second-order valence-electron chi connectivity index (χ2n) is 5.04. The van der Waals surface area contributed by atoms with Gasteiger partial charge >= 0.3 is 11.8 Å². The van der Waals surface area contributed by atoms with E-state index in [9.17, 15) is 14.4 Å². The standard InChI is InChI=1S/C14H19N3O4/c18-12(10-5-2-1-3-6-10)16-17-14(20)13(19)15-9-11-7-4-8-21-11/h4,7-8,10H,1-3,5-6,9H2,(H,15,19)(H,16,18)(H,17,20). The second-order valence-corrected chi connectivity index (χ2v) is 5.04. The van der Waals surface area contributed by atoms with Gasteiger partial charge in [0.15, 0.2) is 0 Å². The maximum atomic E-state index is 11.8. The lowest BCUT2D eigenvalue weighted by Crippen LogP contribution is -2.50. The Balaban J connectivity index is 1.68. The largest absolute Gasteiger partial charge is 0.467 e. The van der Waals surface area contributed by atoms with Crippen LogP contribution in [0, 0.1) is 5.92 Å². The lowest BCUT2D eigenvalue weighted by Gasteiger charge is -2.20. The molecule has 1 fully saturated rings. The van der Waals surface area contributed by atoms with Crippen LogP contribution in [0.15, 0.2) is 22.8 Å².